The Morgan fingerprint density at radius 3 is 2.27 bits per heavy atom. The Hall–Kier alpha value is -1.29. The molecule has 1 rings (SSSR count). The number of ether oxygens (including phenoxy) is 2. The molecule has 0 spiro atoms. The van der Waals surface area contributed by atoms with Crippen molar-refractivity contribution in [2.24, 2.45) is 0 Å². The summed E-state index contributed by atoms with van der Waals surface area (Å²) < 4.78 is 23.5. The molecule has 1 aromatic carbocycles. The summed E-state index contributed by atoms with van der Waals surface area (Å²) in [6.45, 7) is 1.78. The van der Waals surface area contributed by atoms with Crippen LogP contribution in [0.4, 0.5) is 4.39 Å². The number of hydrogen-bond acceptors (Lipinski definition) is 3. The third kappa shape index (κ3) is 2.39. The molecule has 1 N–H and O–H groups in total. The van der Waals surface area contributed by atoms with Gasteiger partial charge in [-0.2, -0.15) is 0 Å². The van der Waals surface area contributed by atoms with Crippen molar-refractivity contribution < 1.29 is 19.0 Å². The Kier molecular flexibility index (Phi) is 3.91. The van der Waals surface area contributed by atoms with Gasteiger partial charge in [0.15, 0.2) is 11.5 Å². The molecule has 0 aliphatic carbocycles. The van der Waals surface area contributed by atoms with Gasteiger partial charge in [0.1, 0.15) is 5.82 Å². The minimum absolute atomic E-state index is 0.232. The fraction of sp³-hybridized carbons (Fsp3) is 0.455. The van der Waals surface area contributed by atoms with Gasteiger partial charge in [0.2, 0.25) is 0 Å². The van der Waals surface area contributed by atoms with Gasteiger partial charge >= 0.3 is 0 Å². The Balaban J connectivity index is 3.19. The van der Waals surface area contributed by atoms with Gasteiger partial charge in [-0.25, -0.2) is 4.39 Å². The predicted molar refractivity (Wildman–Crippen MR) is 54.8 cm³/mol. The summed E-state index contributed by atoms with van der Waals surface area (Å²) in [6.07, 6.45) is -0.364. The molecule has 15 heavy (non-hydrogen) atoms. The van der Waals surface area contributed by atoms with E-state index in [0.717, 1.165) is 0 Å². The quantitative estimate of drug-likeness (QED) is 0.835. The molecule has 4 heteroatoms. The molecule has 84 valence electrons. The highest BCUT2D eigenvalue weighted by Gasteiger charge is 2.15. The molecule has 0 saturated carbocycles. The number of aliphatic hydroxyl groups excluding tert-OH is 1. The number of methoxy groups -OCH3 is 2. The van der Waals surface area contributed by atoms with Crippen LogP contribution >= 0.6 is 0 Å². The zero-order chi connectivity index (χ0) is 11.4. The van der Waals surface area contributed by atoms with Gasteiger partial charge < -0.3 is 14.6 Å². The van der Waals surface area contributed by atoms with E-state index in [-0.39, 0.29) is 5.56 Å². The van der Waals surface area contributed by atoms with Gasteiger partial charge in [0.05, 0.1) is 20.3 Å². The minimum Gasteiger partial charge on any atom is -0.493 e. The summed E-state index contributed by atoms with van der Waals surface area (Å²) in [5.41, 5.74) is 0.232. The first-order valence-electron chi connectivity index (χ1n) is 4.73. The zero-order valence-electron chi connectivity index (χ0n) is 9.08. The fourth-order valence-electron chi connectivity index (χ4n) is 1.35. The molecule has 0 heterocycles. The highest BCUT2D eigenvalue weighted by atomic mass is 19.1. The van der Waals surface area contributed by atoms with Crippen molar-refractivity contribution in [3.05, 3.63) is 23.5 Å². The summed E-state index contributed by atoms with van der Waals surface area (Å²) in [5.74, 6) is 0.255. The summed E-state index contributed by atoms with van der Waals surface area (Å²) in [7, 11) is 2.91. The largest absolute Gasteiger partial charge is 0.493 e. The summed E-state index contributed by atoms with van der Waals surface area (Å²) in [4.78, 5) is 0. The smallest absolute Gasteiger partial charge is 0.163 e. The maximum absolute atomic E-state index is 13.5. The highest BCUT2D eigenvalue weighted by Crippen LogP contribution is 2.33. The molecule has 1 atom stereocenters. The van der Waals surface area contributed by atoms with E-state index in [1.165, 1.54) is 26.4 Å². The van der Waals surface area contributed by atoms with Gasteiger partial charge in [0.25, 0.3) is 0 Å². The lowest BCUT2D eigenvalue weighted by molar-refractivity contribution is 0.168. The monoisotopic (exact) mass is 214 g/mol. The number of benzene rings is 1. The molecule has 0 saturated heterocycles. The second-order valence-electron chi connectivity index (χ2n) is 3.15. The van der Waals surface area contributed by atoms with Crippen molar-refractivity contribution in [2.75, 3.05) is 14.2 Å². The average molecular weight is 214 g/mol. The third-order valence-corrected chi connectivity index (χ3v) is 2.25. The second-order valence-corrected chi connectivity index (χ2v) is 3.15. The average Bonchev–Trinajstić information content (AvgIpc) is 2.27. The van der Waals surface area contributed by atoms with E-state index in [0.29, 0.717) is 17.9 Å². The van der Waals surface area contributed by atoms with Crippen LogP contribution in [0.15, 0.2) is 12.1 Å². The number of halogens is 1. The Morgan fingerprint density at radius 2 is 1.80 bits per heavy atom. The van der Waals surface area contributed by atoms with E-state index in [1.54, 1.807) is 6.92 Å². The van der Waals surface area contributed by atoms with Crippen LogP contribution in [0.3, 0.4) is 0 Å². The Bertz CT molecular complexity index is 339. The molecule has 0 unspecified atom stereocenters. The van der Waals surface area contributed by atoms with Crippen LogP contribution in [0, 0.1) is 5.82 Å². The van der Waals surface area contributed by atoms with Gasteiger partial charge in [0, 0.05) is 11.6 Å². The maximum atomic E-state index is 13.5. The standard InChI is InChI=1S/C11H15FO3/c1-4-9(13)7-5-10(14-2)11(15-3)6-8(7)12/h5-6,9,13H,4H2,1-3H3/t9-/m1/s1. The van der Waals surface area contributed by atoms with Crippen LogP contribution in [-0.2, 0) is 0 Å². The zero-order valence-corrected chi connectivity index (χ0v) is 9.08. The SMILES string of the molecule is CC[C@@H](O)c1cc(OC)c(OC)cc1F. The first kappa shape index (κ1) is 11.8. The van der Waals surface area contributed by atoms with Crippen molar-refractivity contribution in [2.45, 2.75) is 19.4 Å². The second kappa shape index (κ2) is 4.98. The first-order chi connectivity index (χ1) is 7.13. The van der Waals surface area contributed by atoms with E-state index >= 15 is 0 Å². The molecule has 0 aromatic heterocycles. The van der Waals surface area contributed by atoms with Crippen LogP contribution in [0.1, 0.15) is 25.0 Å². The van der Waals surface area contributed by atoms with E-state index < -0.39 is 11.9 Å². The van der Waals surface area contributed by atoms with Gasteiger partial charge in [-0.15, -0.1) is 0 Å². The van der Waals surface area contributed by atoms with Crippen LogP contribution in [-0.4, -0.2) is 19.3 Å². The van der Waals surface area contributed by atoms with E-state index in [2.05, 4.69) is 0 Å². The number of hydrogen-bond donors (Lipinski definition) is 1. The van der Waals surface area contributed by atoms with Crippen molar-refractivity contribution in [3.8, 4) is 11.5 Å². The molecule has 0 aliphatic heterocycles. The summed E-state index contributed by atoms with van der Waals surface area (Å²) in [5, 5.41) is 9.56. The summed E-state index contributed by atoms with van der Waals surface area (Å²) in [6, 6.07) is 2.68. The normalized spacial score (nSPS) is 12.3. The molecular formula is C11H15FO3. The molecule has 0 fully saturated rings. The van der Waals surface area contributed by atoms with E-state index in [4.69, 9.17) is 9.47 Å². The number of rotatable bonds is 4. The molecule has 3 nitrogen and oxygen atoms in total. The molecule has 0 amide bonds. The van der Waals surface area contributed by atoms with Crippen molar-refractivity contribution >= 4 is 0 Å². The van der Waals surface area contributed by atoms with Gasteiger partial charge in [-0.3, -0.25) is 0 Å². The fourth-order valence-corrected chi connectivity index (χ4v) is 1.35. The number of aliphatic hydroxyl groups is 1. The molecular weight excluding hydrogens is 199 g/mol. The summed E-state index contributed by atoms with van der Waals surface area (Å²) >= 11 is 0. The van der Waals surface area contributed by atoms with E-state index in [9.17, 15) is 9.50 Å². The molecule has 0 radical (unpaired) electrons. The molecule has 0 aliphatic rings. The lowest BCUT2D eigenvalue weighted by Crippen LogP contribution is -2.01. The first-order valence-corrected chi connectivity index (χ1v) is 4.73. The highest BCUT2D eigenvalue weighted by molar-refractivity contribution is 5.44. The predicted octanol–water partition coefficient (Wildman–Crippen LogP) is 2.29. The van der Waals surface area contributed by atoms with Crippen LogP contribution in [0.5, 0.6) is 11.5 Å². The van der Waals surface area contributed by atoms with Crippen molar-refractivity contribution in [1.29, 1.82) is 0 Å². The van der Waals surface area contributed by atoms with Crippen LogP contribution in [0.2, 0.25) is 0 Å². The minimum atomic E-state index is -0.815. The molecule has 0 bridgehead atoms. The van der Waals surface area contributed by atoms with Gasteiger partial charge in [-0.05, 0) is 12.5 Å². The Morgan fingerprint density at radius 1 is 1.27 bits per heavy atom. The molecule has 1 aromatic rings. The lowest BCUT2D eigenvalue weighted by atomic mass is 10.1. The van der Waals surface area contributed by atoms with E-state index in [1.807, 2.05) is 0 Å². The Labute approximate surface area is 88.4 Å². The topological polar surface area (TPSA) is 38.7 Å². The van der Waals surface area contributed by atoms with Crippen molar-refractivity contribution in [3.63, 3.8) is 0 Å². The lowest BCUT2D eigenvalue weighted by Gasteiger charge is -2.13. The third-order valence-electron chi connectivity index (χ3n) is 2.25. The van der Waals surface area contributed by atoms with Crippen LogP contribution in [0.25, 0.3) is 0 Å². The van der Waals surface area contributed by atoms with Crippen molar-refractivity contribution in [1.82, 2.24) is 0 Å². The maximum Gasteiger partial charge on any atom is 0.163 e. The van der Waals surface area contributed by atoms with Crippen LogP contribution < -0.4 is 9.47 Å². The van der Waals surface area contributed by atoms with Gasteiger partial charge in [-0.1, -0.05) is 6.92 Å².